The first-order valence-electron chi connectivity index (χ1n) is 6.66. The second-order valence-electron chi connectivity index (χ2n) is 5.10. The van der Waals surface area contributed by atoms with Crippen molar-refractivity contribution in [1.29, 1.82) is 0 Å². The maximum atomic E-state index is 6.39. The average Bonchev–Trinajstić information content (AvgIpc) is 2.91. The van der Waals surface area contributed by atoms with E-state index in [4.69, 9.17) is 5.73 Å². The number of H-pyrrole nitrogens is 1. The molecule has 2 unspecified atom stereocenters. The van der Waals surface area contributed by atoms with Gasteiger partial charge in [-0.1, -0.05) is 24.3 Å². The van der Waals surface area contributed by atoms with Gasteiger partial charge >= 0.3 is 0 Å². The summed E-state index contributed by atoms with van der Waals surface area (Å²) in [7, 11) is 0. The molecule has 0 spiro atoms. The van der Waals surface area contributed by atoms with Crippen molar-refractivity contribution in [2.24, 2.45) is 5.73 Å². The predicted molar refractivity (Wildman–Crippen MR) is 72.4 cm³/mol. The number of nitrogens with one attached hydrogen (secondary N) is 1. The first-order chi connectivity index (χ1) is 8.84. The summed E-state index contributed by atoms with van der Waals surface area (Å²) in [6.07, 6.45) is 8.10. The van der Waals surface area contributed by atoms with Crippen molar-refractivity contribution in [2.75, 3.05) is 0 Å². The number of aromatic amines is 1. The molecule has 0 fully saturated rings. The maximum Gasteiger partial charge on any atom is 0.107 e. The molecule has 1 heterocycles. The minimum atomic E-state index is 0.151. The van der Waals surface area contributed by atoms with Crippen LogP contribution in [-0.4, -0.2) is 16.0 Å². The number of imidazole rings is 1. The standard InChI is InChI=1S/C15H19N3/c16-14(10-15-17-8-9-18-15)13-7-3-5-11-4-1-2-6-12(11)13/h1-2,4,6,8-9,13-14H,3,5,7,10,16H2,(H,17,18). The summed E-state index contributed by atoms with van der Waals surface area (Å²) in [6.45, 7) is 0. The number of nitrogens with two attached hydrogens (primary N) is 1. The first kappa shape index (κ1) is 11.5. The molecular formula is C15H19N3. The highest BCUT2D eigenvalue weighted by Gasteiger charge is 2.25. The first-order valence-corrected chi connectivity index (χ1v) is 6.66. The number of hydrogen-bond donors (Lipinski definition) is 2. The van der Waals surface area contributed by atoms with Crippen LogP contribution in [0.5, 0.6) is 0 Å². The van der Waals surface area contributed by atoms with Crippen molar-refractivity contribution in [2.45, 2.75) is 37.6 Å². The summed E-state index contributed by atoms with van der Waals surface area (Å²) in [6, 6.07) is 8.87. The van der Waals surface area contributed by atoms with Gasteiger partial charge in [0.05, 0.1) is 0 Å². The summed E-state index contributed by atoms with van der Waals surface area (Å²) >= 11 is 0. The Morgan fingerprint density at radius 3 is 3.11 bits per heavy atom. The molecule has 0 radical (unpaired) electrons. The molecule has 0 amide bonds. The number of fused-ring (bicyclic) bond motifs is 1. The van der Waals surface area contributed by atoms with Crippen LogP contribution >= 0.6 is 0 Å². The number of aromatic nitrogens is 2. The van der Waals surface area contributed by atoms with Crippen LogP contribution in [0.1, 0.15) is 35.7 Å². The molecule has 0 bridgehead atoms. The van der Waals surface area contributed by atoms with Crippen LogP contribution in [0.25, 0.3) is 0 Å². The second kappa shape index (κ2) is 4.94. The van der Waals surface area contributed by atoms with Crippen molar-refractivity contribution >= 4 is 0 Å². The molecule has 18 heavy (non-hydrogen) atoms. The Kier molecular flexibility index (Phi) is 3.15. The summed E-state index contributed by atoms with van der Waals surface area (Å²) < 4.78 is 0. The monoisotopic (exact) mass is 241 g/mol. The Hall–Kier alpha value is -1.61. The van der Waals surface area contributed by atoms with Crippen LogP contribution in [0.2, 0.25) is 0 Å². The highest BCUT2D eigenvalue weighted by Crippen LogP contribution is 2.33. The van der Waals surface area contributed by atoms with E-state index in [-0.39, 0.29) is 6.04 Å². The number of nitrogens with zero attached hydrogens (tertiary/aromatic N) is 1. The Morgan fingerprint density at radius 1 is 1.39 bits per heavy atom. The van der Waals surface area contributed by atoms with Crippen molar-refractivity contribution in [3.05, 3.63) is 53.6 Å². The van der Waals surface area contributed by atoms with Gasteiger partial charge in [0.25, 0.3) is 0 Å². The Morgan fingerprint density at radius 2 is 2.28 bits per heavy atom. The van der Waals surface area contributed by atoms with Gasteiger partial charge in [-0.05, 0) is 36.3 Å². The lowest BCUT2D eigenvalue weighted by Gasteiger charge is -2.29. The molecule has 1 aliphatic carbocycles. The molecule has 0 saturated carbocycles. The van der Waals surface area contributed by atoms with Gasteiger partial charge in [0, 0.05) is 24.9 Å². The Labute approximate surface area is 107 Å². The molecule has 1 aliphatic rings. The van der Waals surface area contributed by atoms with Crippen LogP contribution in [0.15, 0.2) is 36.7 Å². The van der Waals surface area contributed by atoms with E-state index in [1.54, 1.807) is 6.20 Å². The fourth-order valence-electron chi connectivity index (χ4n) is 3.01. The Bertz CT molecular complexity index is 504. The van der Waals surface area contributed by atoms with E-state index in [0.717, 1.165) is 12.2 Å². The number of hydrogen-bond acceptors (Lipinski definition) is 2. The van der Waals surface area contributed by atoms with Crippen molar-refractivity contribution in [3.63, 3.8) is 0 Å². The third-order valence-electron chi connectivity index (χ3n) is 3.92. The van der Waals surface area contributed by atoms with Crippen LogP contribution in [-0.2, 0) is 12.8 Å². The van der Waals surface area contributed by atoms with E-state index < -0.39 is 0 Å². The molecule has 3 nitrogen and oxygen atoms in total. The van der Waals surface area contributed by atoms with E-state index in [0.29, 0.717) is 5.92 Å². The molecule has 3 heteroatoms. The SMILES string of the molecule is NC(Cc1ncc[nH]1)C1CCCc2ccccc21. The molecule has 3 N–H and O–H groups in total. The van der Waals surface area contributed by atoms with Crippen LogP contribution in [0, 0.1) is 0 Å². The van der Waals surface area contributed by atoms with Crippen molar-refractivity contribution in [3.8, 4) is 0 Å². The van der Waals surface area contributed by atoms with Crippen LogP contribution in [0.4, 0.5) is 0 Å². The van der Waals surface area contributed by atoms with E-state index >= 15 is 0 Å². The van der Waals surface area contributed by atoms with Gasteiger partial charge in [-0.2, -0.15) is 0 Å². The summed E-state index contributed by atoms with van der Waals surface area (Å²) in [4.78, 5) is 7.41. The third-order valence-corrected chi connectivity index (χ3v) is 3.92. The van der Waals surface area contributed by atoms with Gasteiger partial charge in [-0.3, -0.25) is 0 Å². The lowest BCUT2D eigenvalue weighted by molar-refractivity contribution is 0.455. The zero-order valence-corrected chi connectivity index (χ0v) is 10.5. The predicted octanol–water partition coefficient (Wildman–Crippen LogP) is 2.40. The third kappa shape index (κ3) is 2.18. The van der Waals surface area contributed by atoms with Gasteiger partial charge in [-0.15, -0.1) is 0 Å². The fourth-order valence-corrected chi connectivity index (χ4v) is 3.01. The maximum absolute atomic E-state index is 6.39. The summed E-state index contributed by atoms with van der Waals surface area (Å²) in [5.74, 6) is 1.46. The summed E-state index contributed by atoms with van der Waals surface area (Å²) in [5, 5.41) is 0. The molecule has 1 aromatic heterocycles. The second-order valence-corrected chi connectivity index (χ2v) is 5.10. The minimum absolute atomic E-state index is 0.151. The summed E-state index contributed by atoms with van der Waals surface area (Å²) in [5.41, 5.74) is 9.32. The van der Waals surface area contributed by atoms with Crippen molar-refractivity contribution in [1.82, 2.24) is 9.97 Å². The average molecular weight is 241 g/mol. The zero-order chi connectivity index (χ0) is 12.4. The van der Waals surface area contributed by atoms with E-state index in [9.17, 15) is 0 Å². The molecule has 2 aromatic rings. The zero-order valence-electron chi connectivity index (χ0n) is 10.5. The van der Waals surface area contributed by atoms with Crippen molar-refractivity contribution < 1.29 is 0 Å². The van der Waals surface area contributed by atoms with Crippen LogP contribution in [0.3, 0.4) is 0 Å². The van der Waals surface area contributed by atoms with E-state index in [1.165, 1.54) is 30.4 Å². The largest absolute Gasteiger partial charge is 0.349 e. The quantitative estimate of drug-likeness (QED) is 0.867. The van der Waals surface area contributed by atoms with E-state index in [1.807, 2.05) is 6.20 Å². The molecule has 1 aromatic carbocycles. The number of rotatable bonds is 3. The molecule has 0 saturated heterocycles. The van der Waals surface area contributed by atoms with Gasteiger partial charge < -0.3 is 10.7 Å². The molecule has 0 aliphatic heterocycles. The number of benzene rings is 1. The van der Waals surface area contributed by atoms with E-state index in [2.05, 4.69) is 34.2 Å². The topological polar surface area (TPSA) is 54.7 Å². The number of aryl methyl sites for hydroxylation is 1. The van der Waals surface area contributed by atoms with Crippen LogP contribution < -0.4 is 5.73 Å². The molecule has 3 rings (SSSR count). The lowest BCUT2D eigenvalue weighted by atomic mass is 9.78. The highest BCUT2D eigenvalue weighted by atomic mass is 14.9. The van der Waals surface area contributed by atoms with Gasteiger partial charge in [-0.25, -0.2) is 4.98 Å². The highest BCUT2D eigenvalue weighted by molar-refractivity contribution is 5.33. The fraction of sp³-hybridized carbons (Fsp3) is 0.400. The molecule has 2 atom stereocenters. The normalized spacial score (nSPS) is 20.4. The molecular weight excluding hydrogens is 222 g/mol. The lowest BCUT2D eigenvalue weighted by Crippen LogP contribution is -2.33. The molecule has 94 valence electrons. The Balaban J connectivity index is 1.80. The smallest absolute Gasteiger partial charge is 0.107 e. The van der Waals surface area contributed by atoms with Gasteiger partial charge in [0.1, 0.15) is 5.82 Å². The van der Waals surface area contributed by atoms with Gasteiger partial charge in [0.15, 0.2) is 0 Å². The minimum Gasteiger partial charge on any atom is -0.349 e. The van der Waals surface area contributed by atoms with Gasteiger partial charge in [0.2, 0.25) is 0 Å².